The molecule has 1 aromatic carbocycles. The molecule has 0 aliphatic carbocycles. The molecule has 1 aliphatic heterocycles. The largest absolute Gasteiger partial charge is 0.364 e. The van der Waals surface area contributed by atoms with Crippen LogP contribution >= 0.6 is 0 Å². The van der Waals surface area contributed by atoms with Crippen molar-refractivity contribution < 1.29 is 0 Å². The Hall–Kier alpha value is -3.00. The van der Waals surface area contributed by atoms with Gasteiger partial charge in [0.1, 0.15) is 11.9 Å². The number of rotatable bonds is 2. The number of para-hydroxylation sites is 1. The fourth-order valence-electron chi connectivity index (χ4n) is 3.25. The van der Waals surface area contributed by atoms with Gasteiger partial charge in [-0.05, 0) is 18.1 Å². The predicted octanol–water partition coefficient (Wildman–Crippen LogP) is 3.02. The van der Waals surface area contributed by atoms with Crippen molar-refractivity contribution in [2.75, 3.05) is 11.4 Å². The Morgan fingerprint density at radius 1 is 1.21 bits per heavy atom. The normalized spacial score (nSPS) is 13.6. The first-order valence-corrected chi connectivity index (χ1v) is 8.16. The molecular weight excluding hydrogens is 298 g/mol. The molecule has 0 fully saturated rings. The van der Waals surface area contributed by atoms with Crippen molar-refractivity contribution in [2.45, 2.75) is 26.3 Å². The van der Waals surface area contributed by atoms with Crippen molar-refractivity contribution >= 4 is 16.6 Å². The number of nitriles is 1. The van der Waals surface area contributed by atoms with Crippen LogP contribution in [-0.2, 0) is 19.4 Å². The number of hydrogen-bond donors (Lipinski definition) is 0. The van der Waals surface area contributed by atoms with Gasteiger partial charge in [-0.2, -0.15) is 5.26 Å². The summed E-state index contributed by atoms with van der Waals surface area (Å²) < 4.78 is 0. The summed E-state index contributed by atoms with van der Waals surface area (Å²) in [5.41, 5.74) is 4.76. The van der Waals surface area contributed by atoms with E-state index in [2.05, 4.69) is 27.9 Å². The highest BCUT2D eigenvalue weighted by atomic mass is 15.2. The summed E-state index contributed by atoms with van der Waals surface area (Å²) in [5.74, 6) is 0.871. The van der Waals surface area contributed by atoms with Crippen LogP contribution in [0.1, 0.15) is 29.6 Å². The molecule has 0 saturated carbocycles. The quantitative estimate of drug-likeness (QED) is 0.727. The lowest BCUT2D eigenvalue weighted by molar-refractivity contribution is 0.694. The zero-order valence-electron chi connectivity index (χ0n) is 13.5. The van der Waals surface area contributed by atoms with Crippen LogP contribution in [0.25, 0.3) is 10.9 Å². The molecule has 2 aromatic heterocycles. The van der Waals surface area contributed by atoms with Gasteiger partial charge in [0.05, 0.1) is 29.0 Å². The maximum absolute atomic E-state index is 9.54. The molecule has 118 valence electrons. The highest BCUT2D eigenvalue weighted by Gasteiger charge is 2.22. The zero-order valence-corrected chi connectivity index (χ0v) is 13.5. The molecule has 0 radical (unpaired) electrons. The van der Waals surface area contributed by atoms with Gasteiger partial charge < -0.3 is 4.90 Å². The van der Waals surface area contributed by atoms with Gasteiger partial charge >= 0.3 is 0 Å². The van der Waals surface area contributed by atoms with Crippen molar-refractivity contribution in [1.82, 2.24) is 15.0 Å². The monoisotopic (exact) mass is 315 g/mol. The molecule has 0 bridgehead atoms. The minimum absolute atomic E-state index is 0.613. The molecule has 24 heavy (non-hydrogen) atoms. The first-order chi connectivity index (χ1) is 11.8. The number of aryl methyl sites for hydroxylation is 1. The number of fused-ring (bicyclic) bond motifs is 2. The average Bonchev–Trinajstić information content (AvgIpc) is 2.66. The van der Waals surface area contributed by atoms with Crippen LogP contribution < -0.4 is 4.90 Å². The lowest BCUT2D eigenvalue weighted by Gasteiger charge is -2.31. The van der Waals surface area contributed by atoms with Crippen molar-refractivity contribution in [2.24, 2.45) is 0 Å². The molecule has 0 N–H and O–H groups in total. The van der Waals surface area contributed by atoms with Crippen molar-refractivity contribution in [1.29, 1.82) is 5.26 Å². The van der Waals surface area contributed by atoms with Crippen LogP contribution in [0.4, 0.5) is 5.69 Å². The molecule has 0 spiro atoms. The lowest BCUT2D eigenvalue weighted by Crippen LogP contribution is -2.32. The Kier molecular flexibility index (Phi) is 3.58. The number of anilines is 1. The Balaban J connectivity index is 1.82. The van der Waals surface area contributed by atoms with Gasteiger partial charge in [0.25, 0.3) is 0 Å². The van der Waals surface area contributed by atoms with E-state index in [9.17, 15) is 5.26 Å². The Morgan fingerprint density at radius 2 is 2.08 bits per heavy atom. The average molecular weight is 315 g/mol. The highest BCUT2D eigenvalue weighted by Crippen LogP contribution is 2.32. The molecular formula is C19H17N5. The van der Waals surface area contributed by atoms with E-state index in [0.717, 1.165) is 47.5 Å². The molecule has 3 aromatic rings. The molecule has 0 saturated heterocycles. The van der Waals surface area contributed by atoms with E-state index in [4.69, 9.17) is 4.98 Å². The first kappa shape index (κ1) is 14.6. The number of nitrogens with zero attached hydrogens (tertiary/aromatic N) is 5. The van der Waals surface area contributed by atoms with E-state index < -0.39 is 0 Å². The van der Waals surface area contributed by atoms with E-state index in [1.165, 1.54) is 5.56 Å². The smallest absolute Gasteiger partial charge is 0.128 e. The first-order valence-electron chi connectivity index (χ1n) is 8.16. The number of pyridine rings is 1. The molecule has 1 aliphatic rings. The number of hydrogen-bond acceptors (Lipinski definition) is 5. The van der Waals surface area contributed by atoms with E-state index in [-0.39, 0.29) is 0 Å². The molecule has 4 rings (SSSR count). The number of aromatic nitrogens is 3. The standard InChI is InChI=1S/C19H17N5/c1-2-18-22-10-13-7-8-24(12-17(13)23-18)19-14(9-20)11-21-16-6-4-3-5-15(16)19/h3-6,10-11H,2,7-8,12H2,1H3. The Morgan fingerprint density at radius 3 is 2.92 bits per heavy atom. The van der Waals surface area contributed by atoms with E-state index in [1.54, 1.807) is 6.20 Å². The summed E-state index contributed by atoms with van der Waals surface area (Å²) >= 11 is 0. The van der Waals surface area contributed by atoms with Crippen molar-refractivity contribution in [3.8, 4) is 6.07 Å². The summed E-state index contributed by atoms with van der Waals surface area (Å²) in [6.45, 7) is 3.62. The van der Waals surface area contributed by atoms with Gasteiger partial charge in [0.2, 0.25) is 0 Å². The minimum Gasteiger partial charge on any atom is -0.364 e. The zero-order chi connectivity index (χ0) is 16.5. The van der Waals surface area contributed by atoms with Crippen molar-refractivity contribution in [3.05, 3.63) is 59.3 Å². The van der Waals surface area contributed by atoms with Crippen LogP contribution in [0.5, 0.6) is 0 Å². The van der Waals surface area contributed by atoms with Crippen molar-refractivity contribution in [3.63, 3.8) is 0 Å². The highest BCUT2D eigenvalue weighted by molar-refractivity contribution is 5.94. The van der Waals surface area contributed by atoms with E-state index in [0.29, 0.717) is 12.1 Å². The second-order valence-electron chi connectivity index (χ2n) is 5.93. The summed E-state index contributed by atoms with van der Waals surface area (Å²) in [4.78, 5) is 15.7. The molecule has 5 nitrogen and oxygen atoms in total. The van der Waals surface area contributed by atoms with Gasteiger partial charge in [-0.1, -0.05) is 25.1 Å². The van der Waals surface area contributed by atoms with E-state index in [1.807, 2.05) is 30.5 Å². The predicted molar refractivity (Wildman–Crippen MR) is 92.6 cm³/mol. The molecule has 5 heteroatoms. The summed E-state index contributed by atoms with van der Waals surface area (Å²) in [5, 5.41) is 10.6. The fourth-order valence-corrected chi connectivity index (χ4v) is 3.25. The summed E-state index contributed by atoms with van der Waals surface area (Å²) in [6.07, 6.45) is 5.34. The van der Waals surface area contributed by atoms with Crippen LogP contribution in [0.3, 0.4) is 0 Å². The third-order valence-corrected chi connectivity index (χ3v) is 4.50. The number of benzene rings is 1. The second-order valence-corrected chi connectivity index (χ2v) is 5.93. The summed E-state index contributed by atoms with van der Waals surface area (Å²) in [7, 11) is 0. The fraction of sp³-hybridized carbons (Fsp3) is 0.263. The lowest BCUT2D eigenvalue weighted by atomic mass is 10.0. The third kappa shape index (κ3) is 2.37. The maximum Gasteiger partial charge on any atom is 0.128 e. The van der Waals surface area contributed by atoms with E-state index >= 15 is 0 Å². The molecule has 0 amide bonds. The topological polar surface area (TPSA) is 65.7 Å². The molecule has 3 heterocycles. The van der Waals surface area contributed by atoms with Crippen LogP contribution in [0, 0.1) is 11.3 Å². The Labute approximate surface area is 140 Å². The van der Waals surface area contributed by atoms with Gasteiger partial charge in [-0.25, -0.2) is 9.97 Å². The van der Waals surface area contributed by atoms with Crippen LogP contribution in [0.2, 0.25) is 0 Å². The minimum atomic E-state index is 0.613. The SMILES string of the molecule is CCc1ncc2c(n1)CN(c1c(C#N)cnc3ccccc13)CC2. The molecule has 0 atom stereocenters. The Bertz CT molecular complexity index is 958. The van der Waals surface area contributed by atoms with Gasteiger partial charge in [-0.15, -0.1) is 0 Å². The van der Waals surface area contributed by atoms with Crippen LogP contribution in [0.15, 0.2) is 36.7 Å². The third-order valence-electron chi connectivity index (χ3n) is 4.50. The van der Waals surface area contributed by atoms with Crippen LogP contribution in [-0.4, -0.2) is 21.5 Å². The maximum atomic E-state index is 9.54. The molecule has 0 unspecified atom stereocenters. The summed E-state index contributed by atoms with van der Waals surface area (Å²) in [6, 6.07) is 10.3. The van der Waals surface area contributed by atoms with Gasteiger partial charge in [0, 0.05) is 30.7 Å². The van der Waals surface area contributed by atoms with Gasteiger partial charge in [-0.3, -0.25) is 4.98 Å². The second kappa shape index (κ2) is 5.89. The van der Waals surface area contributed by atoms with Gasteiger partial charge in [0.15, 0.2) is 0 Å².